The van der Waals surface area contributed by atoms with Gasteiger partial charge in [0.25, 0.3) is 21.5 Å². The second-order valence-electron chi connectivity index (χ2n) is 9.42. The predicted molar refractivity (Wildman–Crippen MR) is 156 cm³/mol. The van der Waals surface area contributed by atoms with Gasteiger partial charge in [0.1, 0.15) is 17.3 Å². The molecule has 0 bridgehead atoms. The van der Waals surface area contributed by atoms with Gasteiger partial charge in [0, 0.05) is 35.5 Å². The number of rotatable bonds is 6. The van der Waals surface area contributed by atoms with Gasteiger partial charge in [-0.1, -0.05) is 30.3 Å². The molecule has 11 heteroatoms. The fraction of sp³-hybridized carbons (Fsp3) is 0.0333. The average molecular weight is 566 g/mol. The number of anilines is 1. The van der Waals surface area contributed by atoms with Crippen molar-refractivity contribution in [2.45, 2.75) is 11.4 Å². The summed E-state index contributed by atoms with van der Waals surface area (Å²) in [6.45, 7) is 0.133. The lowest BCUT2D eigenvalue weighted by Gasteiger charge is -2.13. The van der Waals surface area contributed by atoms with E-state index in [1.54, 1.807) is 35.0 Å². The first-order chi connectivity index (χ1) is 19.7. The van der Waals surface area contributed by atoms with Crippen LogP contribution in [0.1, 0.15) is 16.1 Å². The van der Waals surface area contributed by atoms with E-state index < -0.39 is 21.5 Å². The summed E-state index contributed by atoms with van der Waals surface area (Å²) >= 11 is 0. The Bertz CT molecular complexity index is 2130. The van der Waals surface area contributed by atoms with Gasteiger partial charge in [-0.3, -0.25) is 9.59 Å². The minimum Gasteiger partial charge on any atom is -0.508 e. The van der Waals surface area contributed by atoms with E-state index in [1.165, 1.54) is 30.5 Å². The van der Waals surface area contributed by atoms with Crippen LogP contribution in [0.2, 0.25) is 0 Å². The molecular formula is C30H23N5O5S. The van der Waals surface area contributed by atoms with Crippen LogP contribution in [-0.2, 0) is 16.6 Å². The topological polar surface area (TPSA) is 160 Å². The van der Waals surface area contributed by atoms with Crippen molar-refractivity contribution >= 4 is 43.4 Å². The number of phenols is 1. The van der Waals surface area contributed by atoms with Crippen LogP contribution in [0.4, 0.5) is 5.82 Å². The molecule has 0 aliphatic heterocycles. The predicted octanol–water partition coefficient (Wildman–Crippen LogP) is 4.00. The van der Waals surface area contributed by atoms with Crippen LogP contribution < -0.4 is 16.0 Å². The van der Waals surface area contributed by atoms with Gasteiger partial charge >= 0.3 is 0 Å². The van der Waals surface area contributed by atoms with Gasteiger partial charge in [-0.05, 0) is 70.9 Å². The third kappa shape index (κ3) is 4.68. The number of aromatic nitrogens is 3. The van der Waals surface area contributed by atoms with E-state index in [2.05, 4.69) is 14.7 Å². The number of benzene rings is 3. The number of nitrogens with two attached hydrogens (primary N) is 1. The number of fused-ring (bicyclic) bond motifs is 3. The molecule has 3 aromatic carbocycles. The van der Waals surface area contributed by atoms with Crippen LogP contribution in [0.3, 0.4) is 0 Å². The van der Waals surface area contributed by atoms with Gasteiger partial charge in [0.05, 0.1) is 10.4 Å². The Kier molecular flexibility index (Phi) is 6.27. The van der Waals surface area contributed by atoms with Crippen LogP contribution in [-0.4, -0.2) is 34.0 Å². The molecule has 204 valence electrons. The van der Waals surface area contributed by atoms with Crippen molar-refractivity contribution in [1.29, 1.82) is 0 Å². The monoisotopic (exact) mass is 565 g/mol. The molecule has 41 heavy (non-hydrogen) atoms. The van der Waals surface area contributed by atoms with Gasteiger partial charge < -0.3 is 20.4 Å². The molecule has 0 atom stereocenters. The molecule has 10 nitrogen and oxygen atoms in total. The molecule has 3 heterocycles. The maximum atomic E-state index is 14.1. The quantitative estimate of drug-likeness (QED) is 0.237. The minimum atomic E-state index is -4.35. The van der Waals surface area contributed by atoms with Gasteiger partial charge in [-0.25, -0.2) is 18.1 Å². The van der Waals surface area contributed by atoms with Crippen molar-refractivity contribution in [2.75, 3.05) is 5.73 Å². The number of hydrogen-bond acceptors (Lipinski definition) is 7. The van der Waals surface area contributed by atoms with Gasteiger partial charge in [0.15, 0.2) is 0 Å². The highest BCUT2D eigenvalue weighted by Gasteiger charge is 2.29. The molecule has 3 aromatic heterocycles. The Balaban J connectivity index is 1.67. The van der Waals surface area contributed by atoms with Crippen LogP contribution in [0.5, 0.6) is 5.75 Å². The molecule has 0 saturated heterocycles. The standard InChI is InChI=1S/C30H23N5O5S/c31-25-16-18(13-15-32-25)17-35-24-12-7-19-4-1-2-5-22(19)26(24)27(23-6-3-14-33-29(23)37)28(35)30(38)34-41(39,40)21-10-8-20(36)9-11-21/h1-16,36H,17H2,(H2,31,32)(H,33,37)(H,34,38). The molecule has 6 aromatic rings. The fourth-order valence-electron chi connectivity index (χ4n) is 5.03. The molecule has 0 aliphatic carbocycles. The zero-order valence-electron chi connectivity index (χ0n) is 21.4. The van der Waals surface area contributed by atoms with Crippen LogP contribution >= 0.6 is 0 Å². The minimum absolute atomic E-state index is 0.0224. The van der Waals surface area contributed by atoms with E-state index in [-0.39, 0.29) is 34.3 Å². The number of aromatic hydroxyl groups is 1. The maximum Gasteiger partial charge on any atom is 0.282 e. The third-order valence-corrected chi connectivity index (χ3v) is 8.16. The van der Waals surface area contributed by atoms with Crippen molar-refractivity contribution in [3.05, 3.63) is 119 Å². The Morgan fingerprint density at radius 3 is 2.54 bits per heavy atom. The number of pyridine rings is 2. The maximum absolute atomic E-state index is 14.1. The Labute approximate surface area is 233 Å². The SMILES string of the molecule is Nc1cc(Cn2c(C(=O)NS(=O)(=O)c3ccc(O)cc3)c(-c3ccc[nH]c3=O)c3c4ccccc4ccc32)ccn1. The smallest absolute Gasteiger partial charge is 0.282 e. The number of nitrogens with zero attached hydrogens (tertiary/aromatic N) is 2. The van der Waals surface area contributed by atoms with Crippen molar-refractivity contribution in [3.63, 3.8) is 0 Å². The molecule has 1 amide bonds. The normalized spacial score (nSPS) is 11.6. The molecule has 0 spiro atoms. The number of hydrogen-bond donors (Lipinski definition) is 4. The van der Waals surface area contributed by atoms with Crippen molar-refractivity contribution in [2.24, 2.45) is 0 Å². The second-order valence-corrected chi connectivity index (χ2v) is 11.1. The molecule has 0 unspecified atom stereocenters. The summed E-state index contributed by atoms with van der Waals surface area (Å²) in [5.41, 5.74) is 7.29. The number of H-pyrrole nitrogens is 1. The Hall–Kier alpha value is -5.42. The molecule has 0 fully saturated rings. The summed E-state index contributed by atoms with van der Waals surface area (Å²) in [7, 11) is -4.35. The first kappa shape index (κ1) is 25.8. The van der Waals surface area contributed by atoms with Crippen LogP contribution in [0, 0.1) is 0 Å². The largest absolute Gasteiger partial charge is 0.508 e. The number of phenolic OH excluding ortho intramolecular Hbond substituents is 1. The highest BCUT2D eigenvalue weighted by Crippen LogP contribution is 2.39. The zero-order valence-corrected chi connectivity index (χ0v) is 22.2. The van der Waals surface area contributed by atoms with Crippen LogP contribution in [0.15, 0.2) is 107 Å². The van der Waals surface area contributed by atoms with E-state index in [4.69, 9.17) is 5.73 Å². The number of aromatic amines is 1. The first-order valence-electron chi connectivity index (χ1n) is 12.5. The van der Waals surface area contributed by atoms with E-state index in [9.17, 15) is 23.1 Å². The summed E-state index contributed by atoms with van der Waals surface area (Å²) < 4.78 is 30.4. The summed E-state index contributed by atoms with van der Waals surface area (Å²) in [4.78, 5) is 33.7. The van der Waals surface area contributed by atoms with E-state index in [1.807, 2.05) is 36.4 Å². The molecule has 6 rings (SSSR count). The van der Waals surface area contributed by atoms with E-state index in [0.717, 1.165) is 10.8 Å². The summed E-state index contributed by atoms with van der Waals surface area (Å²) in [6, 6.07) is 22.8. The lowest BCUT2D eigenvalue weighted by atomic mass is 9.98. The highest BCUT2D eigenvalue weighted by molar-refractivity contribution is 7.90. The molecule has 0 aliphatic rings. The first-order valence-corrected chi connectivity index (χ1v) is 14.0. The van der Waals surface area contributed by atoms with Gasteiger partial charge in [-0.15, -0.1) is 0 Å². The average Bonchev–Trinajstić information content (AvgIpc) is 3.27. The number of carbonyl (C=O) groups is 1. The number of nitrogen functional groups attached to an aromatic ring is 1. The van der Waals surface area contributed by atoms with Crippen molar-refractivity contribution < 1.29 is 18.3 Å². The number of nitrogens with one attached hydrogen (secondary N) is 2. The number of amides is 1. The number of sulfonamides is 1. The van der Waals surface area contributed by atoms with Crippen molar-refractivity contribution in [1.82, 2.24) is 19.3 Å². The molecule has 5 N–H and O–H groups in total. The lowest BCUT2D eigenvalue weighted by Crippen LogP contribution is -2.32. The second kappa shape index (κ2) is 9.96. The van der Waals surface area contributed by atoms with E-state index in [0.29, 0.717) is 22.0 Å². The molecule has 0 saturated carbocycles. The third-order valence-electron chi connectivity index (χ3n) is 6.82. The molecular weight excluding hydrogens is 542 g/mol. The van der Waals surface area contributed by atoms with Crippen molar-refractivity contribution in [3.8, 4) is 16.9 Å². The lowest BCUT2D eigenvalue weighted by molar-refractivity contribution is 0.0974. The fourth-order valence-corrected chi connectivity index (χ4v) is 5.99. The van der Waals surface area contributed by atoms with Gasteiger partial charge in [-0.2, -0.15) is 0 Å². The highest BCUT2D eigenvalue weighted by atomic mass is 32.2. The van der Waals surface area contributed by atoms with E-state index >= 15 is 0 Å². The molecule has 0 radical (unpaired) electrons. The Morgan fingerprint density at radius 2 is 1.78 bits per heavy atom. The summed E-state index contributed by atoms with van der Waals surface area (Å²) in [6.07, 6.45) is 3.03. The zero-order chi connectivity index (χ0) is 28.7. The Morgan fingerprint density at radius 1 is 1.00 bits per heavy atom. The number of carbonyl (C=O) groups excluding carboxylic acids is 1. The summed E-state index contributed by atoms with van der Waals surface area (Å²) in [5, 5.41) is 11.9. The summed E-state index contributed by atoms with van der Waals surface area (Å²) in [5.74, 6) is -0.770. The van der Waals surface area contributed by atoms with Crippen LogP contribution in [0.25, 0.3) is 32.8 Å². The van der Waals surface area contributed by atoms with Gasteiger partial charge in [0.2, 0.25) is 0 Å².